The molecule has 0 radical (unpaired) electrons. The zero-order valence-corrected chi connectivity index (χ0v) is 14.1. The Morgan fingerprint density at radius 2 is 1.87 bits per heavy atom. The number of hydrogen-bond acceptors (Lipinski definition) is 5. The molecular weight excluding hydrogens is 339 g/mol. The molecule has 0 aliphatic carbocycles. The Kier molecular flexibility index (Phi) is 6.01. The number of amides is 1. The van der Waals surface area contributed by atoms with Crippen molar-refractivity contribution in [2.24, 2.45) is 0 Å². The van der Waals surface area contributed by atoms with Gasteiger partial charge in [0.1, 0.15) is 11.6 Å². The standard InChI is InChI=1S/C15H16Cl2N4O2/c1-9(2)18-13-5-6-14(21-20-13)19-15(22)8-23-12-4-3-10(16)7-11(12)17/h3-7,9H,8H2,1-2H3,(H,18,20)(H,19,21,22). The van der Waals surface area contributed by atoms with Gasteiger partial charge in [-0.3, -0.25) is 4.79 Å². The molecule has 8 heteroatoms. The summed E-state index contributed by atoms with van der Waals surface area (Å²) in [5.41, 5.74) is 0. The van der Waals surface area contributed by atoms with Crippen molar-refractivity contribution in [3.8, 4) is 5.75 Å². The molecule has 2 rings (SSSR count). The second-order valence-electron chi connectivity index (χ2n) is 5.01. The Morgan fingerprint density at radius 1 is 1.17 bits per heavy atom. The van der Waals surface area contributed by atoms with E-state index >= 15 is 0 Å². The van der Waals surface area contributed by atoms with Gasteiger partial charge < -0.3 is 15.4 Å². The Morgan fingerprint density at radius 3 is 2.48 bits per heavy atom. The summed E-state index contributed by atoms with van der Waals surface area (Å²) < 4.78 is 5.34. The van der Waals surface area contributed by atoms with E-state index in [1.807, 2.05) is 13.8 Å². The molecule has 0 aliphatic rings. The molecule has 2 aromatic rings. The van der Waals surface area contributed by atoms with E-state index in [0.29, 0.717) is 27.4 Å². The second-order valence-corrected chi connectivity index (χ2v) is 5.86. The van der Waals surface area contributed by atoms with Gasteiger partial charge in [0.2, 0.25) is 0 Å². The third kappa shape index (κ3) is 5.58. The van der Waals surface area contributed by atoms with Gasteiger partial charge >= 0.3 is 0 Å². The molecule has 1 amide bonds. The van der Waals surface area contributed by atoms with Crippen LogP contribution < -0.4 is 15.4 Å². The van der Waals surface area contributed by atoms with Gasteiger partial charge in [-0.05, 0) is 44.2 Å². The Bertz CT molecular complexity index is 678. The normalized spacial score (nSPS) is 10.5. The third-order valence-corrected chi connectivity index (χ3v) is 3.15. The van der Waals surface area contributed by atoms with Gasteiger partial charge in [0.05, 0.1) is 5.02 Å². The number of hydrogen-bond donors (Lipinski definition) is 2. The molecule has 0 saturated carbocycles. The van der Waals surface area contributed by atoms with Crippen LogP contribution >= 0.6 is 23.2 Å². The molecule has 0 unspecified atom stereocenters. The van der Waals surface area contributed by atoms with Crippen LogP contribution in [0, 0.1) is 0 Å². The van der Waals surface area contributed by atoms with E-state index in [9.17, 15) is 4.79 Å². The summed E-state index contributed by atoms with van der Waals surface area (Å²) in [5.74, 6) is 1.00. The van der Waals surface area contributed by atoms with Crippen LogP contribution in [0.2, 0.25) is 10.0 Å². The highest BCUT2D eigenvalue weighted by molar-refractivity contribution is 6.35. The fourth-order valence-corrected chi connectivity index (χ4v) is 2.15. The van der Waals surface area contributed by atoms with E-state index in [0.717, 1.165) is 0 Å². The van der Waals surface area contributed by atoms with Crippen molar-refractivity contribution in [2.75, 3.05) is 17.2 Å². The molecule has 2 N–H and O–H groups in total. The number of nitrogens with one attached hydrogen (secondary N) is 2. The summed E-state index contributed by atoms with van der Waals surface area (Å²) >= 11 is 11.8. The van der Waals surface area contributed by atoms with Crippen LogP contribution in [0.1, 0.15) is 13.8 Å². The zero-order chi connectivity index (χ0) is 16.8. The average Bonchev–Trinajstić information content (AvgIpc) is 2.48. The number of benzene rings is 1. The molecule has 0 atom stereocenters. The van der Waals surface area contributed by atoms with Crippen molar-refractivity contribution in [3.05, 3.63) is 40.4 Å². The minimum Gasteiger partial charge on any atom is -0.482 e. The largest absolute Gasteiger partial charge is 0.482 e. The van der Waals surface area contributed by atoms with Gasteiger partial charge in [-0.2, -0.15) is 0 Å². The molecule has 0 fully saturated rings. The van der Waals surface area contributed by atoms with E-state index < -0.39 is 0 Å². The summed E-state index contributed by atoms with van der Waals surface area (Å²) in [7, 11) is 0. The predicted molar refractivity (Wildman–Crippen MR) is 91.4 cm³/mol. The first kappa shape index (κ1) is 17.3. The summed E-state index contributed by atoms with van der Waals surface area (Å²) in [5, 5.41) is 14.4. The topological polar surface area (TPSA) is 76.1 Å². The molecule has 0 aliphatic heterocycles. The number of carbonyl (C=O) groups is 1. The molecule has 23 heavy (non-hydrogen) atoms. The van der Waals surface area contributed by atoms with Crippen molar-refractivity contribution in [1.29, 1.82) is 0 Å². The highest BCUT2D eigenvalue weighted by atomic mass is 35.5. The van der Waals surface area contributed by atoms with Crippen LogP contribution in [0.25, 0.3) is 0 Å². The van der Waals surface area contributed by atoms with Crippen molar-refractivity contribution >= 4 is 40.7 Å². The molecule has 1 aromatic carbocycles. The van der Waals surface area contributed by atoms with Crippen LogP contribution in [-0.4, -0.2) is 28.8 Å². The number of ether oxygens (including phenoxy) is 1. The first-order chi connectivity index (χ1) is 10.9. The van der Waals surface area contributed by atoms with Gasteiger partial charge in [-0.1, -0.05) is 23.2 Å². The van der Waals surface area contributed by atoms with Gasteiger partial charge in [0.15, 0.2) is 12.4 Å². The molecule has 0 bridgehead atoms. The minimum atomic E-state index is -0.366. The molecule has 1 aromatic heterocycles. The van der Waals surface area contributed by atoms with Gasteiger partial charge in [0.25, 0.3) is 5.91 Å². The lowest BCUT2D eigenvalue weighted by Crippen LogP contribution is -2.21. The maximum absolute atomic E-state index is 11.8. The number of halogens is 2. The number of nitrogens with zero attached hydrogens (tertiary/aromatic N) is 2. The molecule has 122 valence electrons. The SMILES string of the molecule is CC(C)Nc1ccc(NC(=O)COc2ccc(Cl)cc2Cl)nn1. The molecular formula is C15H16Cl2N4O2. The second kappa shape index (κ2) is 7.99. The summed E-state index contributed by atoms with van der Waals surface area (Å²) in [6, 6.07) is 8.42. The number of aromatic nitrogens is 2. The van der Waals surface area contributed by atoms with E-state index in [4.69, 9.17) is 27.9 Å². The van der Waals surface area contributed by atoms with Crippen molar-refractivity contribution in [3.63, 3.8) is 0 Å². The fourth-order valence-electron chi connectivity index (χ4n) is 1.69. The lowest BCUT2D eigenvalue weighted by molar-refractivity contribution is -0.118. The summed E-state index contributed by atoms with van der Waals surface area (Å²) in [4.78, 5) is 11.8. The van der Waals surface area contributed by atoms with Crippen LogP contribution in [0.4, 0.5) is 11.6 Å². The maximum atomic E-state index is 11.8. The number of carbonyl (C=O) groups excluding carboxylic acids is 1. The number of rotatable bonds is 6. The van der Waals surface area contributed by atoms with Crippen LogP contribution in [0.5, 0.6) is 5.75 Å². The van der Waals surface area contributed by atoms with E-state index in [1.54, 1.807) is 30.3 Å². The number of anilines is 2. The van der Waals surface area contributed by atoms with E-state index in [-0.39, 0.29) is 18.6 Å². The van der Waals surface area contributed by atoms with Crippen molar-refractivity contribution in [2.45, 2.75) is 19.9 Å². The lowest BCUT2D eigenvalue weighted by Gasteiger charge is -2.10. The average molecular weight is 355 g/mol. The molecule has 6 nitrogen and oxygen atoms in total. The summed E-state index contributed by atoms with van der Waals surface area (Å²) in [6.45, 7) is 3.79. The van der Waals surface area contributed by atoms with E-state index in [1.165, 1.54) is 0 Å². The van der Waals surface area contributed by atoms with E-state index in [2.05, 4.69) is 20.8 Å². The predicted octanol–water partition coefficient (Wildman–Crippen LogP) is 3.62. The third-order valence-electron chi connectivity index (χ3n) is 2.62. The summed E-state index contributed by atoms with van der Waals surface area (Å²) in [6.07, 6.45) is 0. The Hall–Kier alpha value is -2.05. The van der Waals surface area contributed by atoms with Crippen molar-refractivity contribution in [1.82, 2.24) is 10.2 Å². The first-order valence-corrected chi connectivity index (χ1v) is 7.67. The van der Waals surface area contributed by atoms with Crippen LogP contribution in [0.3, 0.4) is 0 Å². The van der Waals surface area contributed by atoms with Crippen LogP contribution in [0.15, 0.2) is 30.3 Å². The van der Waals surface area contributed by atoms with Crippen molar-refractivity contribution < 1.29 is 9.53 Å². The Labute approximate surface area is 144 Å². The Balaban J connectivity index is 1.87. The van der Waals surface area contributed by atoms with Gasteiger partial charge in [-0.15, -0.1) is 10.2 Å². The smallest absolute Gasteiger partial charge is 0.263 e. The quantitative estimate of drug-likeness (QED) is 0.828. The highest BCUT2D eigenvalue weighted by Gasteiger charge is 2.08. The molecule has 1 heterocycles. The van der Waals surface area contributed by atoms with Crippen LogP contribution in [-0.2, 0) is 4.79 Å². The van der Waals surface area contributed by atoms with Gasteiger partial charge in [0, 0.05) is 11.1 Å². The molecule has 0 saturated heterocycles. The minimum absolute atomic E-state index is 0.199. The first-order valence-electron chi connectivity index (χ1n) is 6.92. The van der Waals surface area contributed by atoms with Gasteiger partial charge in [-0.25, -0.2) is 0 Å². The highest BCUT2D eigenvalue weighted by Crippen LogP contribution is 2.27. The fraction of sp³-hybridized carbons (Fsp3) is 0.267. The lowest BCUT2D eigenvalue weighted by atomic mass is 10.3. The molecule has 0 spiro atoms. The monoisotopic (exact) mass is 354 g/mol. The zero-order valence-electron chi connectivity index (χ0n) is 12.6. The maximum Gasteiger partial charge on any atom is 0.263 e.